The first-order valence-electron chi connectivity index (χ1n) is 16.2. The molecule has 0 amide bonds. The van der Waals surface area contributed by atoms with Crippen LogP contribution in [0.4, 0.5) is 0 Å². The van der Waals surface area contributed by atoms with E-state index >= 15 is 0 Å². The lowest BCUT2D eigenvalue weighted by atomic mass is 9.32. The Morgan fingerprint density at radius 1 is 0.800 bits per heavy atom. The highest BCUT2D eigenvalue weighted by atomic mass is 16.6. The minimum atomic E-state index is -0.893. The van der Waals surface area contributed by atoms with Gasteiger partial charge in [-0.2, -0.15) is 0 Å². The van der Waals surface area contributed by atoms with Gasteiger partial charge in [0.15, 0.2) is 0 Å². The molecule has 0 spiro atoms. The molecule has 0 bridgehead atoms. The molecule has 0 radical (unpaired) electrons. The Kier molecular flexibility index (Phi) is 7.27. The molecule has 226 valence electrons. The van der Waals surface area contributed by atoms with E-state index < -0.39 is 23.3 Å². The third-order valence-corrected chi connectivity index (χ3v) is 14.4. The molecule has 6 nitrogen and oxygen atoms in total. The van der Waals surface area contributed by atoms with E-state index in [0.29, 0.717) is 29.6 Å². The maximum Gasteiger partial charge on any atom is 0.417 e. The largest absolute Gasteiger partial charge is 0.481 e. The third-order valence-electron chi connectivity index (χ3n) is 14.4. The van der Waals surface area contributed by atoms with Gasteiger partial charge in [-0.3, -0.25) is 4.79 Å². The topological polar surface area (TPSA) is 89.9 Å². The lowest BCUT2D eigenvalue weighted by Crippen LogP contribution is -2.67. The minimum Gasteiger partial charge on any atom is -0.481 e. The third kappa shape index (κ3) is 3.88. The summed E-state index contributed by atoms with van der Waals surface area (Å²) in [6.07, 6.45) is 9.69. The fraction of sp³-hybridized carbons (Fsp3) is 0.912. The predicted octanol–water partition coefficient (Wildman–Crippen LogP) is 7.28. The lowest BCUT2D eigenvalue weighted by Gasteiger charge is -2.72. The van der Waals surface area contributed by atoms with Gasteiger partial charge in [-0.05, 0) is 123 Å². The van der Waals surface area contributed by atoms with Crippen LogP contribution >= 0.6 is 0 Å². The number of fused-ring (bicyclic) bond motifs is 7. The summed E-state index contributed by atoms with van der Waals surface area (Å²) < 4.78 is 10.7. The highest BCUT2D eigenvalue weighted by Gasteiger charge is 2.72. The zero-order valence-electron chi connectivity index (χ0n) is 26.3. The van der Waals surface area contributed by atoms with Gasteiger partial charge in [-0.25, -0.2) is 9.59 Å². The summed E-state index contributed by atoms with van der Waals surface area (Å²) in [5.74, 6) is 0.402. The van der Waals surface area contributed by atoms with Crippen molar-refractivity contribution in [2.24, 2.45) is 62.6 Å². The van der Waals surface area contributed by atoms with Crippen LogP contribution in [0.25, 0.3) is 0 Å². The molecule has 5 aliphatic carbocycles. The number of carboxylic acid groups (broad SMARTS) is 1. The molecule has 0 saturated heterocycles. The SMILES string of the molecule is CCOC(=O)C(=O)OC1CCC2(C)C(CC[C@]3(C)C2CCC2C4C(C(C)C)CC[C@]4(C(=O)O)CC[C@]23C)C1(C)C. The average molecular weight is 559 g/mol. The molecule has 0 heterocycles. The van der Waals surface area contributed by atoms with Crippen LogP contribution in [0.1, 0.15) is 120 Å². The zero-order chi connectivity index (χ0) is 29.5. The number of rotatable bonds is 4. The Balaban J connectivity index is 1.45. The monoisotopic (exact) mass is 558 g/mol. The molecule has 6 heteroatoms. The molecule has 1 N–H and O–H groups in total. The van der Waals surface area contributed by atoms with Crippen LogP contribution in [-0.4, -0.2) is 35.7 Å². The number of hydrogen-bond donors (Lipinski definition) is 1. The molecule has 7 unspecified atom stereocenters. The number of carbonyl (C=O) groups excluding carboxylic acids is 2. The Hall–Kier alpha value is -1.59. The number of esters is 2. The van der Waals surface area contributed by atoms with Crippen LogP contribution in [0, 0.1) is 62.6 Å². The molecular formula is C34H54O6. The van der Waals surface area contributed by atoms with Crippen molar-refractivity contribution in [3.05, 3.63) is 0 Å². The van der Waals surface area contributed by atoms with Gasteiger partial charge in [0.25, 0.3) is 0 Å². The van der Waals surface area contributed by atoms with E-state index in [0.717, 1.165) is 64.2 Å². The summed E-state index contributed by atoms with van der Waals surface area (Å²) in [4.78, 5) is 37.5. The maximum atomic E-state index is 12.9. The molecule has 10 atom stereocenters. The van der Waals surface area contributed by atoms with Gasteiger partial charge >= 0.3 is 17.9 Å². The summed E-state index contributed by atoms with van der Waals surface area (Å²) in [7, 11) is 0. The molecule has 40 heavy (non-hydrogen) atoms. The number of carboxylic acids is 1. The Morgan fingerprint density at radius 2 is 1.50 bits per heavy atom. The van der Waals surface area contributed by atoms with E-state index in [9.17, 15) is 19.5 Å². The van der Waals surface area contributed by atoms with Crippen LogP contribution < -0.4 is 0 Å². The fourth-order valence-corrected chi connectivity index (χ4v) is 12.3. The molecule has 0 aromatic rings. The second-order valence-electron chi connectivity index (χ2n) is 16.1. The number of aliphatic carboxylic acids is 1. The number of ether oxygens (including phenoxy) is 2. The summed E-state index contributed by atoms with van der Waals surface area (Å²) in [6, 6.07) is 0. The predicted molar refractivity (Wildman–Crippen MR) is 153 cm³/mol. The van der Waals surface area contributed by atoms with Gasteiger partial charge in [-0.1, -0.05) is 48.5 Å². The van der Waals surface area contributed by atoms with Gasteiger partial charge in [0.1, 0.15) is 6.10 Å². The molecule has 0 aromatic carbocycles. The van der Waals surface area contributed by atoms with Crippen LogP contribution in [0.2, 0.25) is 0 Å². The first-order valence-corrected chi connectivity index (χ1v) is 16.2. The Bertz CT molecular complexity index is 1050. The van der Waals surface area contributed by atoms with Crippen molar-refractivity contribution in [1.29, 1.82) is 0 Å². The molecule has 5 fully saturated rings. The fourth-order valence-electron chi connectivity index (χ4n) is 12.3. The van der Waals surface area contributed by atoms with Gasteiger partial charge in [-0.15, -0.1) is 0 Å². The van der Waals surface area contributed by atoms with Crippen molar-refractivity contribution >= 4 is 17.9 Å². The van der Waals surface area contributed by atoms with E-state index in [1.165, 1.54) is 0 Å². The van der Waals surface area contributed by atoms with Gasteiger partial charge in [0.05, 0.1) is 12.0 Å². The van der Waals surface area contributed by atoms with E-state index in [1.807, 2.05) is 0 Å². The summed E-state index contributed by atoms with van der Waals surface area (Å²) in [6.45, 7) is 18.6. The van der Waals surface area contributed by atoms with E-state index in [-0.39, 0.29) is 40.3 Å². The highest BCUT2D eigenvalue weighted by molar-refractivity contribution is 6.29. The van der Waals surface area contributed by atoms with Crippen molar-refractivity contribution in [1.82, 2.24) is 0 Å². The number of carbonyl (C=O) groups is 3. The van der Waals surface area contributed by atoms with Gasteiger partial charge in [0, 0.05) is 5.41 Å². The van der Waals surface area contributed by atoms with Gasteiger partial charge in [0.2, 0.25) is 0 Å². The second-order valence-corrected chi connectivity index (χ2v) is 16.1. The quantitative estimate of drug-likeness (QED) is 0.288. The molecule has 5 aliphatic rings. The van der Waals surface area contributed by atoms with Crippen LogP contribution in [0.5, 0.6) is 0 Å². The summed E-state index contributed by atoms with van der Waals surface area (Å²) in [5, 5.41) is 10.6. The summed E-state index contributed by atoms with van der Waals surface area (Å²) >= 11 is 0. The van der Waals surface area contributed by atoms with Crippen LogP contribution in [-0.2, 0) is 23.9 Å². The van der Waals surface area contributed by atoms with Crippen molar-refractivity contribution in [2.75, 3.05) is 6.61 Å². The minimum absolute atomic E-state index is 0.117. The molecular weight excluding hydrogens is 504 g/mol. The van der Waals surface area contributed by atoms with Crippen molar-refractivity contribution in [3.63, 3.8) is 0 Å². The van der Waals surface area contributed by atoms with Crippen LogP contribution in [0.15, 0.2) is 0 Å². The molecule has 5 saturated carbocycles. The molecule has 5 rings (SSSR count). The number of hydrogen-bond acceptors (Lipinski definition) is 5. The molecule has 0 aromatic heterocycles. The van der Waals surface area contributed by atoms with E-state index in [2.05, 4.69) is 48.5 Å². The first kappa shape index (κ1) is 29.9. The molecule has 0 aliphatic heterocycles. The Labute approximate surface area is 241 Å². The van der Waals surface area contributed by atoms with Crippen molar-refractivity contribution < 1.29 is 29.0 Å². The van der Waals surface area contributed by atoms with Crippen LogP contribution in [0.3, 0.4) is 0 Å². The average Bonchev–Trinajstić information content (AvgIpc) is 3.28. The lowest BCUT2D eigenvalue weighted by molar-refractivity contribution is -0.252. The van der Waals surface area contributed by atoms with Gasteiger partial charge < -0.3 is 14.6 Å². The maximum absolute atomic E-state index is 12.9. The zero-order valence-corrected chi connectivity index (χ0v) is 26.3. The van der Waals surface area contributed by atoms with Crippen molar-refractivity contribution in [2.45, 2.75) is 126 Å². The normalized spacial score (nSPS) is 47.3. The Morgan fingerprint density at radius 3 is 2.12 bits per heavy atom. The van der Waals surface area contributed by atoms with E-state index in [1.54, 1.807) is 6.92 Å². The first-order chi connectivity index (χ1) is 18.6. The van der Waals surface area contributed by atoms with Crippen molar-refractivity contribution in [3.8, 4) is 0 Å². The smallest absolute Gasteiger partial charge is 0.417 e. The standard InChI is InChI=1S/C34H54O6/c1-9-39-27(35)28(36)40-25-14-15-31(6)23(30(25,4)5)13-16-33(8)24(31)11-10-22-26-21(20(2)3)12-17-34(26,29(37)38)19-18-32(22,33)7/h20-26H,9-19H2,1-8H3,(H,37,38)/t21?,22?,23?,24?,25?,26?,31?,32-,33-,34+/m1/s1. The summed E-state index contributed by atoms with van der Waals surface area (Å²) in [5.41, 5.74) is -0.381. The second kappa shape index (κ2) is 9.73. The van der Waals surface area contributed by atoms with E-state index in [4.69, 9.17) is 9.47 Å². The highest BCUT2D eigenvalue weighted by Crippen LogP contribution is 2.77.